The molecule has 6 nitrogen and oxygen atoms in total. The van der Waals surface area contributed by atoms with Crippen LogP contribution in [0, 0.1) is 0 Å². The molecule has 6 heteroatoms. The summed E-state index contributed by atoms with van der Waals surface area (Å²) in [5, 5.41) is 8.79. The van der Waals surface area contributed by atoms with Crippen LogP contribution in [-0.4, -0.2) is 44.7 Å². The summed E-state index contributed by atoms with van der Waals surface area (Å²) in [6.45, 7) is 8.07. The Kier molecular flexibility index (Phi) is 5.33. The van der Waals surface area contributed by atoms with Crippen LogP contribution in [-0.2, 0) is 0 Å². The minimum atomic E-state index is 0.653. The van der Waals surface area contributed by atoms with Crippen molar-refractivity contribution in [1.82, 2.24) is 19.9 Å². The lowest BCUT2D eigenvalue weighted by Gasteiger charge is -2.24. The standard InChI is InChI=1S/C23H24N6/c1-4-28(5-2)22-17(3)16-20-23(25-21(24-22)18-12-8-6-9-13-18)29(27-26-20)19-14-10-7-11-15-19/h6-16H,4-5H2,1-3H3/b17-16-,20-16?,22-17?,24-21?,24-22+,25-21-,25-23?. The number of para-hydroxylation sites is 1. The maximum Gasteiger partial charge on any atom is 0.185 e. The molecule has 2 aromatic carbocycles. The van der Waals surface area contributed by atoms with Crippen molar-refractivity contribution < 1.29 is 0 Å². The Morgan fingerprint density at radius 1 is 0.862 bits per heavy atom. The van der Waals surface area contributed by atoms with Gasteiger partial charge in [0.15, 0.2) is 11.7 Å². The molecule has 1 aromatic heterocycles. The van der Waals surface area contributed by atoms with E-state index in [2.05, 4.69) is 36.0 Å². The van der Waals surface area contributed by atoms with Gasteiger partial charge in [0, 0.05) is 18.7 Å². The van der Waals surface area contributed by atoms with Gasteiger partial charge in [-0.1, -0.05) is 53.7 Å². The second-order valence-corrected chi connectivity index (χ2v) is 6.78. The topological polar surface area (TPSA) is 58.7 Å². The predicted molar refractivity (Wildman–Crippen MR) is 118 cm³/mol. The number of hydrogen-bond acceptors (Lipinski definition) is 5. The summed E-state index contributed by atoms with van der Waals surface area (Å²) in [6, 6.07) is 20.0. The molecule has 0 atom stereocenters. The van der Waals surface area contributed by atoms with Crippen LogP contribution in [0.1, 0.15) is 32.0 Å². The van der Waals surface area contributed by atoms with E-state index in [1.807, 2.05) is 66.7 Å². The molecular weight excluding hydrogens is 360 g/mol. The molecule has 0 spiro atoms. The molecule has 0 saturated carbocycles. The number of likely N-dealkylation sites (N-methyl/N-ethyl adjacent to an activating group) is 1. The van der Waals surface area contributed by atoms with Crippen molar-refractivity contribution in [2.24, 2.45) is 9.98 Å². The zero-order valence-corrected chi connectivity index (χ0v) is 16.9. The molecule has 0 unspecified atom stereocenters. The largest absolute Gasteiger partial charge is 0.357 e. The SMILES string of the molecule is CCN(CC)C1=N/C(c2ccccc2)=N\c2c(nnn2-c2ccccc2)/C=C\1C. The summed E-state index contributed by atoms with van der Waals surface area (Å²) < 4.78 is 1.76. The highest BCUT2D eigenvalue weighted by Gasteiger charge is 2.20. The molecule has 1 aliphatic rings. The molecule has 146 valence electrons. The fourth-order valence-electron chi connectivity index (χ4n) is 3.37. The number of nitrogens with zero attached hydrogens (tertiary/aromatic N) is 6. The van der Waals surface area contributed by atoms with Crippen molar-refractivity contribution in [2.75, 3.05) is 13.1 Å². The van der Waals surface area contributed by atoms with Crippen LogP contribution in [0.2, 0.25) is 0 Å². The molecule has 0 aliphatic carbocycles. The number of fused-ring (bicyclic) bond motifs is 1. The van der Waals surface area contributed by atoms with Crippen LogP contribution >= 0.6 is 0 Å². The first-order chi connectivity index (χ1) is 14.2. The van der Waals surface area contributed by atoms with Crippen molar-refractivity contribution in [3.63, 3.8) is 0 Å². The van der Waals surface area contributed by atoms with E-state index in [0.29, 0.717) is 11.7 Å². The van der Waals surface area contributed by atoms with E-state index in [1.54, 1.807) is 4.68 Å². The van der Waals surface area contributed by atoms with Gasteiger partial charge in [0.1, 0.15) is 11.5 Å². The molecule has 2 heterocycles. The number of amidine groups is 2. The predicted octanol–water partition coefficient (Wildman–Crippen LogP) is 4.50. The van der Waals surface area contributed by atoms with E-state index in [1.165, 1.54) is 0 Å². The second kappa shape index (κ2) is 8.22. The van der Waals surface area contributed by atoms with Gasteiger partial charge >= 0.3 is 0 Å². The van der Waals surface area contributed by atoms with Gasteiger partial charge in [-0.2, -0.15) is 4.68 Å². The molecule has 29 heavy (non-hydrogen) atoms. The maximum atomic E-state index is 5.00. The molecule has 0 amide bonds. The molecule has 0 fully saturated rings. The summed E-state index contributed by atoms with van der Waals surface area (Å²) in [7, 11) is 0. The van der Waals surface area contributed by atoms with Crippen molar-refractivity contribution in [3.8, 4) is 5.69 Å². The van der Waals surface area contributed by atoms with Crippen molar-refractivity contribution in [1.29, 1.82) is 0 Å². The van der Waals surface area contributed by atoms with Crippen LogP contribution in [0.3, 0.4) is 0 Å². The van der Waals surface area contributed by atoms with E-state index < -0.39 is 0 Å². The maximum absolute atomic E-state index is 5.00. The first kappa shape index (κ1) is 18.8. The Balaban J connectivity index is 1.95. The average Bonchev–Trinajstić information content (AvgIpc) is 3.14. The Morgan fingerprint density at radius 2 is 1.52 bits per heavy atom. The van der Waals surface area contributed by atoms with Gasteiger partial charge in [-0.3, -0.25) is 0 Å². The van der Waals surface area contributed by atoms with Gasteiger partial charge in [-0.15, -0.1) is 5.10 Å². The summed E-state index contributed by atoms with van der Waals surface area (Å²) in [5.74, 6) is 2.25. The van der Waals surface area contributed by atoms with Crippen LogP contribution in [0.25, 0.3) is 11.8 Å². The first-order valence-corrected chi connectivity index (χ1v) is 9.88. The molecule has 0 N–H and O–H groups in total. The van der Waals surface area contributed by atoms with Crippen LogP contribution in [0.15, 0.2) is 76.2 Å². The van der Waals surface area contributed by atoms with E-state index >= 15 is 0 Å². The number of benzene rings is 2. The minimum Gasteiger partial charge on any atom is -0.357 e. The smallest absolute Gasteiger partial charge is 0.185 e. The van der Waals surface area contributed by atoms with Gasteiger partial charge in [-0.25, -0.2) is 9.98 Å². The first-order valence-electron chi connectivity index (χ1n) is 9.88. The Morgan fingerprint density at radius 3 is 2.17 bits per heavy atom. The van der Waals surface area contributed by atoms with Gasteiger partial charge in [-0.05, 0) is 44.6 Å². The quantitative estimate of drug-likeness (QED) is 0.665. The van der Waals surface area contributed by atoms with Gasteiger partial charge in [0.25, 0.3) is 0 Å². The molecule has 0 bridgehead atoms. The summed E-state index contributed by atoms with van der Waals surface area (Å²) in [6.07, 6.45) is 2.02. The van der Waals surface area contributed by atoms with E-state index in [-0.39, 0.29) is 0 Å². The van der Waals surface area contributed by atoms with Crippen molar-refractivity contribution in [3.05, 3.63) is 77.5 Å². The lowest BCUT2D eigenvalue weighted by molar-refractivity contribution is 0.466. The van der Waals surface area contributed by atoms with Crippen LogP contribution in [0.5, 0.6) is 0 Å². The van der Waals surface area contributed by atoms with Crippen molar-refractivity contribution in [2.45, 2.75) is 20.8 Å². The van der Waals surface area contributed by atoms with E-state index in [0.717, 1.165) is 41.4 Å². The van der Waals surface area contributed by atoms with E-state index in [4.69, 9.17) is 9.98 Å². The second-order valence-electron chi connectivity index (χ2n) is 6.78. The average molecular weight is 384 g/mol. The summed E-state index contributed by atoms with van der Waals surface area (Å²) >= 11 is 0. The highest BCUT2D eigenvalue weighted by molar-refractivity contribution is 6.14. The normalized spacial score (nSPS) is 18.9. The summed E-state index contributed by atoms with van der Waals surface area (Å²) in [5.41, 5.74) is 3.65. The van der Waals surface area contributed by atoms with Crippen molar-refractivity contribution >= 4 is 23.6 Å². The highest BCUT2D eigenvalue weighted by atomic mass is 15.5. The highest BCUT2D eigenvalue weighted by Crippen LogP contribution is 2.27. The Bertz CT molecular complexity index is 1070. The lowest BCUT2D eigenvalue weighted by Crippen LogP contribution is -2.32. The monoisotopic (exact) mass is 384 g/mol. The van der Waals surface area contributed by atoms with E-state index in [9.17, 15) is 0 Å². The molecule has 0 saturated heterocycles. The zero-order valence-electron chi connectivity index (χ0n) is 16.9. The van der Waals surface area contributed by atoms with Crippen LogP contribution < -0.4 is 0 Å². The molecule has 4 rings (SSSR count). The number of hydrogen-bond donors (Lipinski definition) is 0. The van der Waals surface area contributed by atoms with Crippen LogP contribution in [0.4, 0.5) is 5.82 Å². The Hall–Kier alpha value is -3.54. The van der Waals surface area contributed by atoms with Gasteiger partial charge in [0.05, 0.1) is 5.69 Å². The fraction of sp³-hybridized carbons (Fsp3) is 0.217. The molecule has 3 aromatic rings. The number of aromatic nitrogens is 3. The third kappa shape index (κ3) is 3.74. The Labute approximate surface area is 170 Å². The fourth-order valence-corrected chi connectivity index (χ4v) is 3.37. The van der Waals surface area contributed by atoms with Gasteiger partial charge in [0.2, 0.25) is 0 Å². The minimum absolute atomic E-state index is 0.653. The zero-order chi connectivity index (χ0) is 20.2. The van der Waals surface area contributed by atoms with Gasteiger partial charge < -0.3 is 4.90 Å². The number of aliphatic imine (C=N–C) groups is 2. The molecular formula is C23H24N6. The number of rotatable bonds is 4. The lowest BCUT2D eigenvalue weighted by atomic mass is 10.1. The third-order valence-electron chi connectivity index (χ3n) is 4.90. The molecule has 0 radical (unpaired) electrons. The molecule has 1 aliphatic heterocycles. The summed E-state index contributed by atoms with van der Waals surface area (Å²) in [4.78, 5) is 12.2. The third-order valence-corrected chi connectivity index (χ3v) is 4.90.